The van der Waals surface area contributed by atoms with Crippen LogP contribution >= 0.6 is 0 Å². The molecule has 0 heterocycles. The lowest BCUT2D eigenvalue weighted by molar-refractivity contribution is 0.244. The molecule has 0 N–H and O–H groups in total. The van der Waals surface area contributed by atoms with E-state index in [2.05, 4.69) is 0 Å². The van der Waals surface area contributed by atoms with Gasteiger partial charge >= 0.3 is 5.76 Å². The zero-order chi connectivity index (χ0) is 9.84. The van der Waals surface area contributed by atoms with Gasteiger partial charge in [0.25, 0.3) is 0 Å². The molecular formula is C8H8F2O2S. The van der Waals surface area contributed by atoms with Crippen molar-refractivity contribution in [3.8, 4) is 5.75 Å². The van der Waals surface area contributed by atoms with E-state index in [1.807, 2.05) is 0 Å². The monoisotopic (exact) mass is 206 g/mol. The third-order valence-electron chi connectivity index (χ3n) is 1.45. The van der Waals surface area contributed by atoms with Crippen molar-refractivity contribution in [1.82, 2.24) is 0 Å². The molecule has 1 rings (SSSR count). The van der Waals surface area contributed by atoms with E-state index in [-0.39, 0.29) is 4.90 Å². The van der Waals surface area contributed by atoms with Gasteiger partial charge in [0, 0.05) is 4.90 Å². The summed E-state index contributed by atoms with van der Waals surface area (Å²) in [6, 6.07) is 5.72. The van der Waals surface area contributed by atoms with Crippen LogP contribution in [0.5, 0.6) is 5.75 Å². The smallest absolute Gasteiger partial charge is 0.316 e. The SMILES string of the molecule is COc1ccc(S(=O)C(F)F)cc1. The summed E-state index contributed by atoms with van der Waals surface area (Å²) < 4.78 is 39.6. The Hall–Kier alpha value is -0.970. The van der Waals surface area contributed by atoms with Crippen molar-refractivity contribution in [3.05, 3.63) is 24.3 Å². The normalized spacial score (nSPS) is 12.9. The number of alkyl halides is 2. The van der Waals surface area contributed by atoms with E-state index in [0.29, 0.717) is 5.75 Å². The number of benzene rings is 1. The molecule has 0 amide bonds. The maximum Gasteiger partial charge on any atom is 0.316 e. The first-order chi connectivity index (χ1) is 6.15. The number of rotatable bonds is 3. The third-order valence-corrected chi connectivity index (χ3v) is 2.51. The fourth-order valence-corrected chi connectivity index (χ4v) is 1.42. The van der Waals surface area contributed by atoms with E-state index in [1.54, 1.807) is 0 Å². The molecule has 2 nitrogen and oxygen atoms in total. The van der Waals surface area contributed by atoms with Crippen molar-refractivity contribution in [2.45, 2.75) is 10.7 Å². The van der Waals surface area contributed by atoms with Crippen molar-refractivity contribution in [2.75, 3.05) is 7.11 Å². The number of halogens is 2. The molecule has 0 aliphatic rings. The second-order valence-corrected chi connectivity index (χ2v) is 3.66. The van der Waals surface area contributed by atoms with Crippen LogP contribution in [0.2, 0.25) is 0 Å². The van der Waals surface area contributed by atoms with E-state index in [0.717, 1.165) is 0 Å². The molecule has 0 fully saturated rings. The Morgan fingerprint density at radius 2 is 1.85 bits per heavy atom. The van der Waals surface area contributed by atoms with Crippen LogP contribution in [0.15, 0.2) is 29.2 Å². The Morgan fingerprint density at radius 3 is 2.23 bits per heavy atom. The second-order valence-electron chi connectivity index (χ2n) is 2.23. The minimum atomic E-state index is -2.84. The van der Waals surface area contributed by atoms with Crippen molar-refractivity contribution >= 4 is 10.8 Å². The highest BCUT2D eigenvalue weighted by Gasteiger charge is 2.14. The lowest BCUT2D eigenvalue weighted by Gasteiger charge is -2.02. The molecule has 0 aromatic heterocycles. The third kappa shape index (κ3) is 2.48. The number of methoxy groups -OCH3 is 1. The van der Waals surface area contributed by atoms with Crippen molar-refractivity contribution in [3.63, 3.8) is 0 Å². The Balaban J connectivity index is 2.86. The standard InChI is InChI=1S/C8H8F2O2S/c1-12-6-2-4-7(5-3-6)13(11)8(9)10/h2-5,8H,1H3. The topological polar surface area (TPSA) is 26.3 Å². The van der Waals surface area contributed by atoms with Gasteiger partial charge in [-0.1, -0.05) is 0 Å². The van der Waals surface area contributed by atoms with Crippen LogP contribution in [-0.2, 0) is 10.8 Å². The fourth-order valence-electron chi connectivity index (χ4n) is 0.813. The largest absolute Gasteiger partial charge is 0.497 e. The summed E-state index contributed by atoms with van der Waals surface area (Å²) in [5.74, 6) is -2.29. The Labute approximate surface area is 77.0 Å². The van der Waals surface area contributed by atoms with Gasteiger partial charge in [-0.15, -0.1) is 0 Å². The number of hydrogen-bond acceptors (Lipinski definition) is 2. The van der Waals surface area contributed by atoms with Gasteiger partial charge in [0.15, 0.2) is 0 Å². The predicted octanol–water partition coefficient (Wildman–Crippen LogP) is 2.03. The van der Waals surface area contributed by atoms with E-state index in [9.17, 15) is 13.0 Å². The molecule has 5 heteroatoms. The molecule has 72 valence electrons. The lowest BCUT2D eigenvalue weighted by Crippen LogP contribution is -2.02. The van der Waals surface area contributed by atoms with Gasteiger partial charge in [0.2, 0.25) is 0 Å². The molecule has 0 saturated heterocycles. The molecule has 1 unspecified atom stereocenters. The van der Waals surface area contributed by atoms with Gasteiger partial charge in [0.1, 0.15) is 16.5 Å². The molecular weight excluding hydrogens is 198 g/mol. The summed E-state index contributed by atoms with van der Waals surface area (Å²) in [7, 11) is -0.763. The number of hydrogen-bond donors (Lipinski definition) is 0. The van der Waals surface area contributed by atoms with Gasteiger partial charge in [-0.05, 0) is 24.3 Å². The van der Waals surface area contributed by atoms with Gasteiger partial charge in [-0.2, -0.15) is 8.78 Å². The minimum Gasteiger partial charge on any atom is -0.497 e. The molecule has 0 saturated carbocycles. The average Bonchev–Trinajstić information content (AvgIpc) is 2.17. The van der Waals surface area contributed by atoms with Gasteiger partial charge in [-0.3, -0.25) is 0 Å². The Kier molecular flexibility index (Phi) is 3.36. The van der Waals surface area contributed by atoms with Crippen LogP contribution in [0.1, 0.15) is 0 Å². The fraction of sp³-hybridized carbons (Fsp3) is 0.250. The number of ether oxygens (including phenoxy) is 1. The van der Waals surface area contributed by atoms with Gasteiger partial charge < -0.3 is 4.74 Å². The first-order valence-corrected chi connectivity index (χ1v) is 4.69. The Morgan fingerprint density at radius 1 is 1.31 bits per heavy atom. The van der Waals surface area contributed by atoms with Gasteiger partial charge in [-0.25, -0.2) is 4.21 Å². The quantitative estimate of drug-likeness (QED) is 0.756. The lowest BCUT2D eigenvalue weighted by atomic mass is 10.3. The van der Waals surface area contributed by atoms with Crippen LogP contribution in [0.4, 0.5) is 8.78 Å². The molecule has 0 bridgehead atoms. The van der Waals surface area contributed by atoms with E-state index < -0.39 is 16.6 Å². The van der Waals surface area contributed by atoms with Crippen molar-refractivity contribution in [2.24, 2.45) is 0 Å². The van der Waals surface area contributed by atoms with Crippen LogP contribution in [0, 0.1) is 0 Å². The highest BCUT2D eigenvalue weighted by molar-refractivity contribution is 7.85. The highest BCUT2D eigenvalue weighted by atomic mass is 32.2. The minimum absolute atomic E-state index is 0.107. The van der Waals surface area contributed by atoms with Crippen molar-refractivity contribution in [1.29, 1.82) is 0 Å². The van der Waals surface area contributed by atoms with E-state index >= 15 is 0 Å². The molecule has 13 heavy (non-hydrogen) atoms. The average molecular weight is 206 g/mol. The maximum absolute atomic E-state index is 12.0. The maximum atomic E-state index is 12.0. The summed E-state index contributed by atoms with van der Waals surface area (Å²) in [6.07, 6.45) is 0. The van der Waals surface area contributed by atoms with Crippen LogP contribution in [0.25, 0.3) is 0 Å². The second kappa shape index (κ2) is 4.32. The molecule has 1 aromatic carbocycles. The van der Waals surface area contributed by atoms with Crippen LogP contribution in [-0.4, -0.2) is 17.1 Å². The Bertz CT molecular complexity index is 298. The molecule has 0 radical (unpaired) electrons. The van der Waals surface area contributed by atoms with Crippen LogP contribution in [0.3, 0.4) is 0 Å². The van der Waals surface area contributed by atoms with Crippen LogP contribution < -0.4 is 4.74 Å². The molecule has 0 aliphatic carbocycles. The van der Waals surface area contributed by atoms with E-state index in [4.69, 9.17) is 4.74 Å². The molecule has 1 atom stereocenters. The zero-order valence-electron chi connectivity index (χ0n) is 6.87. The first kappa shape index (κ1) is 10.1. The summed E-state index contributed by atoms with van der Waals surface area (Å²) in [5, 5.41) is 0. The summed E-state index contributed by atoms with van der Waals surface area (Å²) in [4.78, 5) is 0.107. The van der Waals surface area contributed by atoms with Crippen molar-refractivity contribution < 1.29 is 17.7 Å². The predicted molar refractivity (Wildman–Crippen MR) is 45.4 cm³/mol. The first-order valence-electron chi connectivity index (χ1n) is 3.48. The van der Waals surface area contributed by atoms with E-state index in [1.165, 1.54) is 31.4 Å². The molecule has 0 spiro atoms. The zero-order valence-corrected chi connectivity index (χ0v) is 7.68. The highest BCUT2D eigenvalue weighted by Crippen LogP contribution is 2.17. The summed E-state index contributed by atoms with van der Waals surface area (Å²) in [6.45, 7) is 0. The van der Waals surface area contributed by atoms with Gasteiger partial charge in [0.05, 0.1) is 7.11 Å². The molecule has 0 aliphatic heterocycles. The molecule has 1 aromatic rings. The summed E-state index contributed by atoms with van der Waals surface area (Å²) >= 11 is 0. The summed E-state index contributed by atoms with van der Waals surface area (Å²) in [5.41, 5.74) is 0.